The van der Waals surface area contributed by atoms with Gasteiger partial charge in [0.25, 0.3) is 0 Å². The van der Waals surface area contributed by atoms with E-state index < -0.39 is 0 Å². The van der Waals surface area contributed by atoms with Crippen LogP contribution in [0, 0.1) is 11.8 Å². The van der Waals surface area contributed by atoms with Crippen LogP contribution in [0.25, 0.3) is 0 Å². The molecule has 3 unspecified atom stereocenters. The van der Waals surface area contributed by atoms with E-state index in [9.17, 15) is 0 Å². The van der Waals surface area contributed by atoms with Crippen LogP contribution in [-0.4, -0.2) is 37.1 Å². The Balaban J connectivity index is 1.75. The summed E-state index contributed by atoms with van der Waals surface area (Å²) < 4.78 is 0. The lowest BCUT2D eigenvalue weighted by atomic mass is 9.85. The molecule has 1 saturated heterocycles. The standard InChI is InChI=1S/C14H28N2/c1-11(2)9-16(3)10-13-8-12-6-4-5-7-14(12)15-13/h11-15H,4-10H2,1-3H3. The lowest BCUT2D eigenvalue weighted by Gasteiger charge is -2.24. The summed E-state index contributed by atoms with van der Waals surface area (Å²) in [5, 5.41) is 3.86. The molecule has 16 heavy (non-hydrogen) atoms. The summed E-state index contributed by atoms with van der Waals surface area (Å²) in [5.41, 5.74) is 0. The summed E-state index contributed by atoms with van der Waals surface area (Å²) in [6.45, 7) is 7.08. The molecule has 0 aromatic rings. The van der Waals surface area contributed by atoms with Crippen molar-refractivity contribution in [2.45, 2.75) is 58.0 Å². The van der Waals surface area contributed by atoms with Gasteiger partial charge < -0.3 is 10.2 Å². The molecule has 2 aliphatic rings. The lowest BCUT2D eigenvalue weighted by Crippen LogP contribution is -2.40. The van der Waals surface area contributed by atoms with Crippen molar-refractivity contribution in [3.8, 4) is 0 Å². The Morgan fingerprint density at radius 3 is 2.69 bits per heavy atom. The maximum atomic E-state index is 3.86. The van der Waals surface area contributed by atoms with Crippen LogP contribution in [0.1, 0.15) is 46.0 Å². The minimum atomic E-state index is 0.761. The second-order valence-electron chi connectivity index (χ2n) is 6.37. The molecule has 2 nitrogen and oxygen atoms in total. The molecule has 1 aliphatic carbocycles. The Morgan fingerprint density at radius 1 is 1.25 bits per heavy atom. The maximum Gasteiger partial charge on any atom is 0.0200 e. The van der Waals surface area contributed by atoms with E-state index in [4.69, 9.17) is 0 Å². The average Bonchev–Trinajstić information content (AvgIpc) is 2.57. The van der Waals surface area contributed by atoms with E-state index in [0.717, 1.165) is 23.9 Å². The quantitative estimate of drug-likeness (QED) is 0.789. The summed E-state index contributed by atoms with van der Waals surface area (Å²) in [5.74, 6) is 1.78. The summed E-state index contributed by atoms with van der Waals surface area (Å²) in [4.78, 5) is 2.50. The smallest absolute Gasteiger partial charge is 0.0200 e. The molecule has 0 amide bonds. The summed E-state index contributed by atoms with van der Waals surface area (Å²) in [6.07, 6.45) is 7.24. The number of likely N-dealkylation sites (N-methyl/N-ethyl adjacent to an activating group) is 1. The zero-order chi connectivity index (χ0) is 11.5. The van der Waals surface area contributed by atoms with Crippen molar-refractivity contribution in [1.29, 1.82) is 0 Å². The van der Waals surface area contributed by atoms with E-state index in [1.54, 1.807) is 0 Å². The van der Waals surface area contributed by atoms with Gasteiger partial charge in [-0.25, -0.2) is 0 Å². The number of rotatable bonds is 4. The van der Waals surface area contributed by atoms with Crippen molar-refractivity contribution in [2.75, 3.05) is 20.1 Å². The highest BCUT2D eigenvalue weighted by molar-refractivity contribution is 4.93. The summed E-state index contributed by atoms with van der Waals surface area (Å²) >= 11 is 0. The van der Waals surface area contributed by atoms with Crippen molar-refractivity contribution in [3.63, 3.8) is 0 Å². The van der Waals surface area contributed by atoms with Crippen LogP contribution in [0.3, 0.4) is 0 Å². The van der Waals surface area contributed by atoms with Crippen LogP contribution in [0.4, 0.5) is 0 Å². The molecule has 2 rings (SSSR count). The molecule has 0 radical (unpaired) electrons. The molecule has 1 heterocycles. The summed E-state index contributed by atoms with van der Waals surface area (Å²) in [6, 6.07) is 1.61. The highest BCUT2D eigenvalue weighted by Crippen LogP contribution is 2.33. The Hall–Kier alpha value is -0.0800. The fraction of sp³-hybridized carbons (Fsp3) is 1.00. The largest absolute Gasteiger partial charge is 0.310 e. The van der Waals surface area contributed by atoms with Gasteiger partial charge in [-0.1, -0.05) is 26.7 Å². The first-order valence-corrected chi connectivity index (χ1v) is 7.09. The molecule has 0 bridgehead atoms. The van der Waals surface area contributed by atoms with Crippen LogP contribution >= 0.6 is 0 Å². The third-order valence-electron chi connectivity index (χ3n) is 4.16. The molecule has 2 fully saturated rings. The molecule has 3 atom stereocenters. The van der Waals surface area contributed by atoms with Gasteiger partial charge in [0.05, 0.1) is 0 Å². The van der Waals surface area contributed by atoms with E-state index in [1.165, 1.54) is 45.2 Å². The second-order valence-corrected chi connectivity index (χ2v) is 6.37. The first-order valence-electron chi connectivity index (χ1n) is 7.09. The zero-order valence-electron chi connectivity index (χ0n) is 11.2. The van der Waals surface area contributed by atoms with E-state index in [-0.39, 0.29) is 0 Å². The normalized spacial score (nSPS) is 34.7. The maximum absolute atomic E-state index is 3.86. The predicted molar refractivity (Wildman–Crippen MR) is 69.6 cm³/mol. The van der Waals surface area contributed by atoms with Gasteiger partial charge in [-0.2, -0.15) is 0 Å². The molecule has 0 spiro atoms. The highest BCUT2D eigenvalue weighted by atomic mass is 15.1. The first-order chi connectivity index (χ1) is 7.65. The van der Waals surface area contributed by atoms with Crippen molar-refractivity contribution in [2.24, 2.45) is 11.8 Å². The van der Waals surface area contributed by atoms with Crippen LogP contribution in [0.2, 0.25) is 0 Å². The zero-order valence-corrected chi connectivity index (χ0v) is 11.2. The van der Waals surface area contributed by atoms with Crippen molar-refractivity contribution < 1.29 is 0 Å². The van der Waals surface area contributed by atoms with E-state index >= 15 is 0 Å². The average molecular weight is 224 g/mol. The van der Waals surface area contributed by atoms with Crippen molar-refractivity contribution >= 4 is 0 Å². The van der Waals surface area contributed by atoms with Crippen LogP contribution in [0.5, 0.6) is 0 Å². The molecule has 1 saturated carbocycles. The van der Waals surface area contributed by atoms with Gasteiger partial charge in [-0.3, -0.25) is 0 Å². The van der Waals surface area contributed by atoms with E-state index in [0.29, 0.717) is 0 Å². The van der Waals surface area contributed by atoms with Gasteiger partial charge in [0.15, 0.2) is 0 Å². The highest BCUT2D eigenvalue weighted by Gasteiger charge is 2.35. The number of hydrogen-bond donors (Lipinski definition) is 1. The van der Waals surface area contributed by atoms with Crippen LogP contribution < -0.4 is 5.32 Å². The predicted octanol–water partition coefficient (Wildman–Crippen LogP) is 2.49. The van der Waals surface area contributed by atoms with Gasteiger partial charge in [-0.05, 0) is 38.1 Å². The molecule has 0 aromatic heterocycles. The SMILES string of the molecule is CC(C)CN(C)CC1CC2CCCCC2N1. The minimum absolute atomic E-state index is 0.761. The van der Waals surface area contributed by atoms with Crippen LogP contribution in [0.15, 0.2) is 0 Å². The third kappa shape index (κ3) is 3.21. The van der Waals surface area contributed by atoms with Crippen LogP contribution in [-0.2, 0) is 0 Å². The Bertz CT molecular complexity index is 201. The molecule has 1 aliphatic heterocycles. The summed E-state index contributed by atoms with van der Waals surface area (Å²) in [7, 11) is 2.27. The Labute approximate surface area is 101 Å². The number of nitrogens with one attached hydrogen (secondary N) is 1. The van der Waals surface area contributed by atoms with Gasteiger partial charge in [0, 0.05) is 25.2 Å². The molecule has 2 heteroatoms. The monoisotopic (exact) mass is 224 g/mol. The minimum Gasteiger partial charge on any atom is -0.310 e. The number of hydrogen-bond acceptors (Lipinski definition) is 2. The van der Waals surface area contributed by atoms with Crippen molar-refractivity contribution in [1.82, 2.24) is 10.2 Å². The molecule has 94 valence electrons. The number of fused-ring (bicyclic) bond motifs is 1. The second kappa shape index (κ2) is 5.50. The first kappa shape index (κ1) is 12.4. The van der Waals surface area contributed by atoms with E-state index in [2.05, 4.69) is 31.1 Å². The van der Waals surface area contributed by atoms with Crippen molar-refractivity contribution in [3.05, 3.63) is 0 Å². The molecular formula is C14H28N2. The fourth-order valence-corrected chi connectivity index (χ4v) is 3.65. The third-order valence-corrected chi connectivity index (χ3v) is 4.16. The van der Waals surface area contributed by atoms with Gasteiger partial charge in [-0.15, -0.1) is 0 Å². The molecule has 0 aromatic carbocycles. The van der Waals surface area contributed by atoms with Gasteiger partial charge >= 0.3 is 0 Å². The Kier molecular flexibility index (Phi) is 4.26. The topological polar surface area (TPSA) is 15.3 Å². The molecular weight excluding hydrogens is 196 g/mol. The fourth-order valence-electron chi connectivity index (χ4n) is 3.65. The Morgan fingerprint density at radius 2 is 2.00 bits per heavy atom. The number of nitrogens with zero attached hydrogens (tertiary/aromatic N) is 1. The van der Waals surface area contributed by atoms with Gasteiger partial charge in [0.2, 0.25) is 0 Å². The van der Waals surface area contributed by atoms with E-state index in [1.807, 2.05) is 0 Å². The lowest BCUT2D eigenvalue weighted by molar-refractivity contribution is 0.266. The molecule has 1 N–H and O–H groups in total. The van der Waals surface area contributed by atoms with Gasteiger partial charge in [0.1, 0.15) is 0 Å².